The molecule has 3 rings (SSSR count). The van der Waals surface area contributed by atoms with E-state index in [1.54, 1.807) is 30.0 Å². The van der Waals surface area contributed by atoms with Gasteiger partial charge in [0.1, 0.15) is 0 Å². The Morgan fingerprint density at radius 3 is 2.87 bits per heavy atom. The molecule has 1 amide bonds. The molecule has 7 nitrogen and oxygen atoms in total. The lowest BCUT2D eigenvalue weighted by atomic mass is 9.99. The summed E-state index contributed by atoms with van der Waals surface area (Å²) < 4.78 is 27.9. The van der Waals surface area contributed by atoms with E-state index in [4.69, 9.17) is 23.2 Å². The molecule has 0 saturated carbocycles. The number of nitrogens with one attached hydrogen (secondary N) is 1. The molecule has 0 bridgehead atoms. The van der Waals surface area contributed by atoms with Crippen LogP contribution in [0.15, 0.2) is 22.5 Å². The van der Waals surface area contributed by atoms with E-state index in [0.717, 1.165) is 16.5 Å². The molecule has 1 unspecified atom stereocenters. The topological polar surface area (TPSA) is 92.3 Å². The maximum atomic E-state index is 12.9. The van der Waals surface area contributed by atoms with Gasteiger partial charge in [-0.15, -0.1) is 10.2 Å². The van der Waals surface area contributed by atoms with Crippen LogP contribution in [-0.4, -0.2) is 47.7 Å². The first-order valence-corrected chi connectivity index (χ1v) is 13.6. The highest BCUT2D eigenvalue weighted by Crippen LogP contribution is 2.28. The summed E-state index contributed by atoms with van der Waals surface area (Å²) in [7, 11) is -3.59. The zero-order valence-corrected chi connectivity index (χ0v) is 20.3. The van der Waals surface area contributed by atoms with Crippen molar-refractivity contribution >= 4 is 67.4 Å². The summed E-state index contributed by atoms with van der Waals surface area (Å²) in [4.78, 5) is 12.7. The highest BCUT2D eigenvalue weighted by Gasteiger charge is 2.33. The van der Waals surface area contributed by atoms with E-state index in [-0.39, 0.29) is 18.2 Å². The minimum atomic E-state index is -3.59. The summed E-state index contributed by atoms with van der Waals surface area (Å²) in [6, 6.07) is 4.78. The zero-order chi connectivity index (χ0) is 21.7. The molecule has 30 heavy (non-hydrogen) atoms. The summed E-state index contributed by atoms with van der Waals surface area (Å²) in [5.41, 5.74) is 0.557. The Balaban J connectivity index is 1.61. The van der Waals surface area contributed by atoms with Gasteiger partial charge in [0, 0.05) is 18.8 Å². The first-order chi connectivity index (χ1) is 14.3. The highest BCUT2D eigenvalue weighted by atomic mass is 35.5. The fourth-order valence-corrected chi connectivity index (χ4v) is 6.65. The normalized spacial score (nSPS) is 17.8. The van der Waals surface area contributed by atoms with Gasteiger partial charge in [0.25, 0.3) is 0 Å². The Bertz CT molecular complexity index is 1000. The lowest BCUT2D eigenvalue weighted by molar-refractivity contribution is -0.120. The van der Waals surface area contributed by atoms with Crippen LogP contribution in [-0.2, 0) is 20.6 Å². The van der Waals surface area contributed by atoms with Gasteiger partial charge in [-0.25, -0.2) is 12.7 Å². The molecule has 0 spiro atoms. The molecule has 0 aliphatic carbocycles. The number of carbonyl (C=O) groups excluding carboxylic acids is 1. The molecular formula is C18H22Cl2N4O3S3. The number of sulfonamides is 1. The average molecular weight is 510 g/mol. The van der Waals surface area contributed by atoms with Crippen molar-refractivity contribution in [2.45, 2.75) is 36.3 Å². The van der Waals surface area contributed by atoms with E-state index >= 15 is 0 Å². The van der Waals surface area contributed by atoms with Crippen LogP contribution >= 0.6 is 46.3 Å². The van der Waals surface area contributed by atoms with Gasteiger partial charge in [-0.2, -0.15) is 0 Å². The number of hydrogen-bond donors (Lipinski definition) is 1. The lowest BCUT2D eigenvalue weighted by Gasteiger charge is -2.31. The molecule has 164 valence electrons. The van der Waals surface area contributed by atoms with E-state index in [0.29, 0.717) is 40.1 Å². The van der Waals surface area contributed by atoms with Crippen LogP contribution in [0, 0.1) is 5.92 Å². The quantitative estimate of drug-likeness (QED) is 0.415. The number of nitrogens with zero attached hydrogens (tertiary/aromatic N) is 3. The lowest BCUT2D eigenvalue weighted by Crippen LogP contribution is -2.44. The van der Waals surface area contributed by atoms with E-state index in [1.165, 1.54) is 15.6 Å². The van der Waals surface area contributed by atoms with Gasteiger partial charge in [0.15, 0.2) is 4.34 Å². The number of halogens is 2. The standard InChI is InChI=1S/C18H22Cl2N4O3S3/c1-2-8-28-18-23-22-17(29-18)21-16(25)13-4-3-7-24(10-13)30(26,27)11-12-5-6-14(19)15(20)9-12/h5-6,9,13H,2-4,7-8,10-11H2,1H3,(H,21,22,25). The molecule has 0 radical (unpaired) electrons. The maximum Gasteiger partial charge on any atom is 0.230 e. The smallest absolute Gasteiger partial charge is 0.230 e. The third kappa shape index (κ3) is 6.30. The van der Waals surface area contributed by atoms with E-state index in [2.05, 4.69) is 22.4 Å². The summed E-state index contributed by atoms with van der Waals surface area (Å²) in [5, 5.41) is 12.0. The number of aromatic nitrogens is 2. The van der Waals surface area contributed by atoms with Crippen LogP contribution in [0.5, 0.6) is 0 Å². The van der Waals surface area contributed by atoms with Gasteiger partial charge in [0.2, 0.25) is 21.1 Å². The second-order valence-electron chi connectivity index (χ2n) is 6.91. The largest absolute Gasteiger partial charge is 0.300 e. The third-order valence-electron chi connectivity index (χ3n) is 4.55. The van der Waals surface area contributed by atoms with Gasteiger partial charge in [-0.3, -0.25) is 4.79 Å². The first kappa shape index (κ1) is 23.7. The molecule has 12 heteroatoms. The van der Waals surface area contributed by atoms with Gasteiger partial charge >= 0.3 is 0 Å². The van der Waals surface area contributed by atoms with Crippen molar-refractivity contribution < 1.29 is 13.2 Å². The van der Waals surface area contributed by atoms with Crippen molar-refractivity contribution in [3.63, 3.8) is 0 Å². The van der Waals surface area contributed by atoms with Crippen LogP contribution in [0.1, 0.15) is 31.7 Å². The molecule has 1 aliphatic heterocycles. The number of anilines is 1. The molecule has 1 aromatic carbocycles. The third-order valence-corrected chi connectivity index (χ3v) is 9.28. The predicted molar refractivity (Wildman–Crippen MR) is 123 cm³/mol. The maximum absolute atomic E-state index is 12.9. The van der Waals surface area contributed by atoms with E-state index < -0.39 is 15.9 Å². The Hall–Kier alpha value is -0.910. The highest BCUT2D eigenvalue weighted by molar-refractivity contribution is 8.01. The van der Waals surface area contributed by atoms with Crippen molar-refractivity contribution in [2.24, 2.45) is 5.92 Å². The van der Waals surface area contributed by atoms with Crippen LogP contribution in [0.4, 0.5) is 5.13 Å². The first-order valence-electron chi connectivity index (χ1n) is 9.47. The predicted octanol–water partition coefficient (Wildman–Crippen LogP) is 4.53. The second kappa shape index (κ2) is 10.6. The van der Waals surface area contributed by atoms with Gasteiger partial charge in [-0.05, 0) is 37.0 Å². The van der Waals surface area contributed by atoms with Crippen molar-refractivity contribution in [1.82, 2.24) is 14.5 Å². The Labute approximate surface area is 194 Å². The summed E-state index contributed by atoms with van der Waals surface area (Å²) in [6.45, 7) is 2.62. The second-order valence-corrected chi connectivity index (χ2v) is 12.0. The number of thioether (sulfide) groups is 1. The minimum Gasteiger partial charge on any atom is -0.300 e. The van der Waals surface area contributed by atoms with Crippen molar-refractivity contribution in [2.75, 3.05) is 24.2 Å². The Kier molecular flexibility index (Phi) is 8.39. The molecule has 1 saturated heterocycles. The SMILES string of the molecule is CCCSc1nnc(NC(=O)C2CCCN(S(=O)(=O)Cc3ccc(Cl)c(Cl)c3)C2)s1. The molecule has 1 aliphatic rings. The number of amides is 1. The Morgan fingerprint density at radius 2 is 2.13 bits per heavy atom. The number of rotatable bonds is 8. The number of benzene rings is 1. The fourth-order valence-electron chi connectivity index (χ4n) is 3.06. The van der Waals surface area contributed by atoms with E-state index in [9.17, 15) is 13.2 Å². The van der Waals surface area contributed by atoms with E-state index in [1.807, 2.05) is 0 Å². The van der Waals surface area contributed by atoms with Crippen molar-refractivity contribution in [3.8, 4) is 0 Å². The summed E-state index contributed by atoms with van der Waals surface area (Å²) >= 11 is 14.8. The summed E-state index contributed by atoms with van der Waals surface area (Å²) in [5.74, 6) is 0.0920. The zero-order valence-electron chi connectivity index (χ0n) is 16.3. The number of hydrogen-bond acceptors (Lipinski definition) is 7. The Morgan fingerprint density at radius 1 is 1.33 bits per heavy atom. The fraction of sp³-hybridized carbons (Fsp3) is 0.500. The van der Waals surface area contributed by atoms with Gasteiger partial charge in [-0.1, -0.05) is 59.3 Å². The molecule has 1 atom stereocenters. The minimum absolute atomic E-state index is 0.145. The van der Waals surface area contributed by atoms with Gasteiger partial charge < -0.3 is 5.32 Å². The van der Waals surface area contributed by atoms with Crippen LogP contribution < -0.4 is 5.32 Å². The van der Waals surface area contributed by atoms with Crippen molar-refractivity contribution in [1.29, 1.82) is 0 Å². The molecule has 1 aromatic heterocycles. The molecule has 1 fully saturated rings. The average Bonchev–Trinajstić information content (AvgIpc) is 3.16. The molecule has 2 heterocycles. The number of carbonyl (C=O) groups is 1. The van der Waals surface area contributed by atoms with Crippen LogP contribution in [0.25, 0.3) is 0 Å². The monoisotopic (exact) mass is 508 g/mol. The number of piperidine rings is 1. The molecule has 2 aromatic rings. The van der Waals surface area contributed by atoms with Crippen LogP contribution in [0.3, 0.4) is 0 Å². The van der Waals surface area contributed by atoms with Crippen molar-refractivity contribution in [3.05, 3.63) is 33.8 Å². The van der Waals surface area contributed by atoms with Gasteiger partial charge in [0.05, 0.1) is 21.7 Å². The summed E-state index contributed by atoms with van der Waals surface area (Å²) in [6.07, 6.45) is 2.27. The van der Waals surface area contributed by atoms with Crippen LogP contribution in [0.2, 0.25) is 10.0 Å². The molecular weight excluding hydrogens is 487 g/mol. The molecule has 1 N–H and O–H groups in total.